The van der Waals surface area contributed by atoms with Crippen molar-refractivity contribution in [1.82, 2.24) is 4.98 Å². The predicted octanol–water partition coefficient (Wildman–Crippen LogP) is 1.91. The van der Waals surface area contributed by atoms with Gasteiger partial charge in [0.05, 0.1) is 11.9 Å². The number of nitrogens with zero attached hydrogens (tertiary/aromatic N) is 2. The summed E-state index contributed by atoms with van der Waals surface area (Å²) >= 11 is 0. The molecule has 0 bridgehead atoms. The van der Waals surface area contributed by atoms with Crippen LogP contribution < -0.4 is 5.73 Å². The van der Waals surface area contributed by atoms with Crippen LogP contribution in [0.25, 0.3) is 0 Å². The van der Waals surface area contributed by atoms with Crippen LogP contribution in [0, 0.1) is 0 Å². The Labute approximate surface area is 78.7 Å². The molecule has 2 N–H and O–H groups in total. The normalized spacial score (nSPS) is 14.2. The first-order valence-electron chi connectivity index (χ1n) is 4.46. The minimum absolute atomic E-state index is 0.105. The molecule has 0 aromatic carbocycles. The van der Waals surface area contributed by atoms with Crippen LogP contribution in [0.5, 0.6) is 0 Å². The Kier molecular flexibility index (Phi) is 3.43. The van der Waals surface area contributed by atoms with Crippen molar-refractivity contribution in [1.29, 1.82) is 0 Å². The highest BCUT2D eigenvalue weighted by Crippen LogP contribution is 2.14. The number of aliphatic imine (C=N–C) groups is 1. The van der Waals surface area contributed by atoms with E-state index < -0.39 is 0 Å². The summed E-state index contributed by atoms with van der Waals surface area (Å²) in [5, 5.41) is 0. The minimum Gasteiger partial charge on any atom is -0.387 e. The minimum atomic E-state index is 0.105. The Morgan fingerprint density at radius 1 is 1.69 bits per heavy atom. The molecule has 0 aliphatic rings. The largest absolute Gasteiger partial charge is 0.387 e. The van der Waals surface area contributed by atoms with Crippen LogP contribution in [0.3, 0.4) is 0 Å². The van der Waals surface area contributed by atoms with E-state index >= 15 is 0 Å². The maximum Gasteiger partial charge on any atom is 0.0941 e. The van der Waals surface area contributed by atoms with Crippen LogP contribution >= 0.6 is 0 Å². The number of rotatable bonds is 3. The van der Waals surface area contributed by atoms with E-state index in [4.69, 9.17) is 5.73 Å². The summed E-state index contributed by atoms with van der Waals surface area (Å²) in [6, 6.07) is 4.02. The van der Waals surface area contributed by atoms with Crippen LogP contribution in [0.1, 0.15) is 31.9 Å². The summed E-state index contributed by atoms with van der Waals surface area (Å²) in [4.78, 5) is 8.35. The SMILES string of the molecule is CCC(N)=NC(C)c1cccnc1. The van der Waals surface area contributed by atoms with Gasteiger partial charge in [0.1, 0.15) is 0 Å². The van der Waals surface area contributed by atoms with Gasteiger partial charge in [-0.1, -0.05) is 13.0 Å². The average molecular weight is 177 g/mol. The quantitative estimate of drug-likeness (QED) is 0.566. The zero-order chi connectivity index (χ0) is 9.68. The summed E-state index contributed by atoms with van der Waals surface area (Å²) in [7, 11) is 0. The van der Waals surface area contributed by atoms with Crippen molar-refractivity contribution in [2.24, 2.45) is 10.7 Å². The number of hydrogen-bond donors (Lipinski definition) is 1. The van der Waals surface area contributed by atoms with E-state index in [1.165, 1.54) is 0 Å². The molecule has 0 spiro atoms. The second-order valence-electron chi connectivity index (χ2n) is 2.94. The van der Waals surface area contributed by atoms with E-state index in [9.17, 15) is 0 Å². The van der Waals surface area contributed by atoms with Crippen LogP contribution in [0.2, 0.25) is 0 Å². The molecular formula is C10H15N3. The molecule has 0 fully saturated rings. The van der Waals surface area contributed by atoms with Gasteiger partial charge >= 0.3 is 0 Å². The van der Waals surface area contributed by atoms with Gasteiger partial charge in [-0.25, -0.2) is 0 Å². The predicted molar refractivity (Wildman–Crippen MR) is 54.6 cm³/mol. The lowest BCUT2D eigenvalue weighted by atomic mass is 10.1. The van der Waals surface area contributed by atoms with E-state index in [1.54, 1.807) is 6.20 Å². The van der Waals surface area contributed by atoms with Gasteiger partial charge in [-0.15, -0.1) is 0 Å². The molecule has 1 aromatic heterocycles. The number of aromatic nitrogens is 1. The number of pyridine rings is 1. The Hall–Kier alpha value is -1.38. The van der Waals surface area contributed by atoms with Gasteiger partial charge in [0, 0.05) is 18.8 Å². The first kappa shape index (κ1) is 9.71. The molecule has 1 heterocycles. The third-order valence-corrected chi connectivity index (χ3v) is 1.89. The smallest absolute Gasteiger partial charge is 0.0941 e. The van der Waals surface area contributed by atoms with Gasteiger partial charge in [0.2, 0.25) is 0 Å². The number of hydrogen-bond acceptors (Lipinski definition) is 2. The Bertz CT molecular complexity index is 279. The standard InChI is InChI=1S/C10H15N3/c1-3-10(11)13-8(2)9-5-4-6-12-7-9/h4-8H,3H2,1-2H3,(H2,11,13). The summed E-state index contributed by atoms with van der Waals surface area (Å²) in [5.74, 6) is 0.691. The highest BCUT2D eigenvalue weighted by Gasteiger charge is 2.02. The summed E-state index contributed by atoms with van der Waals surface area (Å²) in [5.41, 5.74) is 6.74. The molecule has 0 amide bonds. The maximum absolute atomic E-state index is 5.64. The molecule has 1 aromatic rings. The molecule has 0 radical (unpaired) electrons. The van der Waals surface area contributed by atoms with Crippen molar-refractivity contribution >= 4 is 5.84 Å². The molecule has 0 saturated carbocycles. The Balaban J connectivity index is 2.75. The van der Waals surface area contributed by atoms with Gasteiger partial charge in [0.25, 0.3) is 0 Å². The molecule has 1 unspecified atom stereocenters. The van der Waals surface area contributed by atoms with Crippen molar-refractivity contribution in [2.75, 3.05) is 0 Å². The Morgan fingerprint density at radius 3 is 3.00 bits per heavy atom. The molecule has 70 valence electrons. The summed E-state index contributed by atoms with van der Waals surface area (Å²) in [6.07, 6.45) is 4.37. The highest BCUT2D eigenvalue weighted by molar-refractivity contribution is 5.80. The molecule has 0 saturated heterocycles. The molecule has 0 aliphatic heterocycles. The van der Waals surface area contributed by atoms with Gasteiger partial charge in [-0.2, -0.15) is 0 Å². The summed E-state index contributed by atoms with van der Waals surface area (Å²) in [6.45, 7) is 4.01. The average Bonchev–Trinajstić information content (AvgIpc) is 2.19. The van der Waals surface area contributed by atoms with Crippen LogP contribution in [0.4, 0.5) is 0 Å². The number of nitrogens with two attached hydrogens (primary N) is 1. The molecule has 13 heavy (non-hydrogen) atoms. The van der Waals surface area contributed by atoms with Crippen molar-refractivity contribution in [3.05, 3.63) is 30.1 Å². The third kappa shape index (κ3) is 2.86. The highest BCUT2D eigenvalue weighted by atomic mass is 14.9. The monoisotopic (exact) mass is 177 g/mol. The van der Waals surface area contributed by atoms with Crippen molar-refractivity contribution < 1.29 is 0 Å². The van der Waals surface area contributed by atoms with E-state index in [0.717, 1.165) is 12.0 Å². The van der Waals surface area contributed by atoms with Gasteiger partial charge in [-0.3, -0.25) is 9.98 Å². The fraction of sp³-hybridized carbons (Fsp3) is 0.400. The zero-order valence-electron chi connectivity index (χ0n) is 8.07. The van der Waals surface area contributed by atoms with Gasteiger partial charge in [0.15, 0.2) is 0 Å². The van der Waals surface area contributed by atoms with Crippen LogP contribution in [-0.4, -0.2) is 10.8 Å². The lowest BCUT2D eigenvalue weighted by Gasteiger charge is -2.06. The first-order valence-corrected chi connectivity index (χ1v) is 4.46. The molecule has 3 heteroatoms. The lowest BCUT2D eigenvalue weighted by Crippen LogP contribution is -2.11. The fourth-order valence-electron chi connectivity index (χ4n) is 1.04. The Morgan fingerprint density at radius 2 is 2.46 bits per heavy atom. The molecule has 1 atom stereocenters. The topological polar surface area (TPSA) is 51.3 Å². The molecular weight excluding hydrogens is 162 g/mol. The third-order valence-electron chi connectivity index (χ3n) is 1.89. The molecule has 1 rings (SSSR count). The van der Waals surface area contributed by atoms with Crippen LogP contribution in [0.15, 0.2) is 29.5 Å². The molecule has 3 nitrogen and oxygen atoms in total. The van der Waals surface area contributed by atoms with Gasteiger partial charge in [-0.05, 0) is 18.6 Å². The maximum atomic E-state index is 5.64. The first-order chi connectivity index (χ1) is 6.24. The fourth-order valence-corrected chi connectivity index (χ4v) is 1.04. The number of amidine groups is 1. The van der Waals surface area contributed by atoms with E-state index in [2.05, 4.69) is 9.98 Å². The van der Waals surface area contributed by atoms with E-state index in [0.29, 0.717) is 5.84 Å². The lowest BCUT2D eigenvalue weighted by molar-refractivity contribution is 0.806. The van der Waals surface area contributed by atoms with Crippen LogP contribution in [-0.2, 0) is 0 Å². The van der Waals surface area contributed by atoms with Crippen molar-refractivity contribution in [3.63, 3.8) is 0 Å². The van der Waals surface area contributed by atoms with Crippen molar-refractivity contribution in [2.45, 2.75) is 26.3 Å². The second-order valence-corrected chi connectivity index (χ2v) is 2.94. The summed E-state index contributed by atoms with van der Waals surface area (Å²) < 4.78 is 0. The van der Waals surface area contributed by atoms with E-state index in [-0.39, 0.29) is 6.04 Å². The van der Waals surface area contributed by atoms with E-state index in [1.807, 2.05) is 32.2 Å². The van der Waals surface area contributed by atoms with Crippen molar-refractivity contribution in [3.8, 4) is 0 Å². The zero-order valence-corrected chi connectivity index (χ0v) is 8.07. The molecule has 0 aliphatic carbocycles. The van der Waals surface area contributed by atoms with Gasteiger partial charge < -0.3 is 5.73 Å². The second kappa shape index (κ2) is 4.60.